The van der Waals surface area contributed by atoms with Crippen molar-refractivity contribution >= 4 is 21.7 Å². The molecule has 5 nitrogen and oxygen atoms in total. The molecule has 0 saturated carbocycles. The highest BCUT2D eigenvalue weighted by atomic mass is 32.2. The standard InChI is InChI=1S/C22H17F4N3O2S/c1-12(15-4-2-3-5-16(15)24)20-17(25)8-9-19-21(20)28-22(29-32(19,30)31)27-11-13-6-7-14(23)10-18(13)26/h2-10,12H,11H2,1H3,(H2,27,28,29)/t12-/m1/s1. The van der Waals surface area contributed by atoms with Crippen molar-refractivity contribution < 1.29 is 26.0 Å². The third-order valence-electron chi connectivity index (χ3n) is 5.15. The average molecular weight is 463 g/mol. The number of fused-ring (bicyclic) bond motifs is 1. The van der Waals surface area contributed by atoms with Gasteiger partial charge < -0.3 is 5.32 Å². The molecule has 0 spiro atoms. The number of benzene rings is 3. The fourth-order valence-corrected chi connectivity index (χ4v) is 4.70. The number of guanidine groups is 1. The lowest BCUT2D eigenvalue weighted by molar-refractivity contribution is 0.572. The van der Waals surface area contributed by atoms with Crippen LogP contribution in [0.5, 0.6) is 0 Å². The molecule has 0 bridgehead atoms. The minimum atomic E-state index is -4.13. The van der Waals surface area contributed by atoms with Crippen LogP contribution in [0.15, 0.2) is 64.5 Å². The van der Waals surface area contributed by atoms with Crippen LogP contribution in [0, 0.1) is 23.3 Å². The SMILES string of the molecule is C[C@H](c1ccccc1F)c1c(F)ccc2c1NC(=NCc1ccc(F)cc1F)NS2(=O)=O. The summed E-state index contributed by atoms with van der Waals surface area (Å²) in [6.07, 6.45) is 0. The van der Waals surface area contributed by atoms with Crippen molar-refractivity contribution in [3.8, 4) is 0 Å². The van der Waals surface area contributed by atoms with Crippen LogP contribution >= 0.6 is 0 Å². The molecule has 0 saturated heterocycles. The zero-order chi connectivity index (χ0) is 23.0. The second-order valence-corrected chi connectivity index (χ2v) is 8.86. The summed E-state index contributed by atoms with van der Waals surface area (Å²) < 4.78 is 83.9. The van der Waals surface area contributed by atoms with Gasteiger partial charge in [-0.05, 0) is 29.8 Å². The van der Waals surface area contributed by atoms with Crippen LogP contribution in [0.2, 0.25) is 0 Å². The van der Waals surface area contributed by atoms with E-state index in [9.17, 15) is 26.0 Å². The van der Waals surface area contributed by atoms with E-state index in [0.29, 0.717) is 6.07 Å². The molecule has 1 atom stereocenters. The first-order chi connectivity index (χ1) is 15.2. The Hall–Kier alpha value is -3.40. The molecule has 0 amide bonds. The maximum Gasteiger partial charge on any atom is 0.266 e. The third-order valence-corrected chi connectivity index (χ3v) is 6.53. The van der Waals surface area contributed by atoms with Crippen molar-refractivity contribution in [3.63, 3.8) is 0 Å². The van der Waals surface area contributed by atoms with Crippen molar-refractivity contribution in [3.05, 3.63) is 94.6 Å². The first-order valence-corrected chi connectivity index (χ1v) is 11.0. The van der Waals surface area contributed by atoms with Gasteiger partial charge in [0.1, 0.15) is 28.2 Å². The highest BCUT2D eigenvalue weighted by Crippen LogP contribution is 2.38. The number of nitrogens with zero attached hydrogens (tertiary/aromatic N) is 1. The van der Waals surface area contributed by atoms with Gasteiger partial charge in [0.05, 0.1) is 12.2 Å². The number of hydrogen-bond donors (Lipinski definition) is 2. The molecule has 2 N–H and O–H groups in total. The van der Waals surface area contributed by atoms with Gasteiger partial charge in [0.15, 0.2) is 0 Å². The number of halogens is 4. The molecule has 3 aromatic carbocycles. The molecule has 166 valence electrons. The van der Waals surface area contributed by atoms with E-state index in [1.807, 2.05) is 0 Å². The third kappa shape index (κ3) is 4.05. The second-order valence-electron chi connectivity index (χ2n) is 7.21. The van der Waals surface area contributed by atoms with Crippen molar-refractivity contribution in [2.45, 2.75) is 24.3 Å². The number of hydrogen-bond acceptors (Lipinski definition) is 3. The molecule has 0 aromatic heterocycles. The summed E-state index contributed by atoms with van der Waals surface area (Å²) >= 11 is 0. The first kappa shape index (κ1) is 21.8. The van der Waals surface area contributed by atoms with Gasteiger partial charge in [0.25, 0.3) is 10.0 Å². The molecule has 1 heterocycles. The molecule has 1 aliphatic heterocycles. The van der Waals surface area contributed by atoms with E-state index < -0.39 is 39.2 Å². The van der Waals surface area contributed by atoms with E-state index in [0.717, 1.165) is 18.2 Å². The van der Waals surface area contributed by atoms with E-state index >= 15 is 0 Å². The fourth-order valence-electron chi connectivity index (χ4n) is 3.54. The largest absolute Gasteiger partial charge is 0.324 e. The first-order valence-electron chi connectivity index (χ1n) is 9.52. The smallest absolute Gasteiger partial charge is 0.266 e. The van der Waals surface area contributed by atoms with Gasteiger partial charge in [-0.1, -0.05) is 31.2 Å². The van der Waals surface area contributed by atoms with Crippen LogP contribution in [0.25, 0.3) is 0 Å². The Morgan fingerprint density at radius 3 is 2.41 bits per heavy atom. The molecule has 4 rings (SSSR count). The molecule has 1 aliphatic rings. The highest BCUT2D eigenvalue weighted by molar-refractivity contribution is 7.90. The predicted molar refractivity (Wildman–Crippen MR) is 112 cm³/mol. The summed E-state index contributed by atoms with van der Waals surface area (Å²) in [4.78, 5) is 3.78. The molecule has 0 unspecified atom stereocenters. The lowest BCUT2D eigenvalue weighted by Gasteiger charge is -2.26. The number of nitrogens with one attached hydrogen (secondary N) is 2. The average Bonchev–Trinajstić information content (AvgIpc) is 2.72. The van der Waals surface area contributed by atoms with E-state index in [2.05, 4.69) is 15.0 Å². The van der Waals surface area contributed by atoms with E-state index in [1.54, 1.807) is 13.0 Å². The molecule has 3 aromatic rings. The van der Waals surface area contributed by atoms with Crippen molar-refractivity contribution in [2.24, 2.45) is 4.99 Å². The Kier molecular flexibility index (Phi) is 5.64. The number of rotatable bonds is 4. The lowest BCUT2D eigenvalue weighted by atomic mass is 9.91. The number of aliphatic imine (C=N–C) groups is 1. The zero-order valence-electron chi connectivity index (χ0n) is 16.7. The zero-order valence-corrected chi connectivity index (χ0v) is 17.5. The summed E-state index contributed by atoms with van der Waals surface area (Å²) in [6, 6.07) is 10.8. The van der Waals surface area contributed by atoms with Crippen LogP contribution in [0.4, 0.5) is 23.2 Å². The molecule has 10 heteroatoms. The van der Waals surface area contributed by atoms with Crippen LogP contribution in [0.1, 0.15) is 29.5 Å². The molecular formula is C22H17F4N3O2S. The highest BCUT2D eigenvalue weighted by Gasteiger charge is 2.32. The van der Waals surface area contributed by atoms with E-state index in [4.69, 9.17) is 0 Å². The van der Waals surface area contributed by atoms with Crippen LogP contribution in [0.3, 0.4) is 0 Å². The Morgan fingerprint density at radius 1 is 0.938 bits per heavy atom. The lowest BCUT2D eigenvalue weighted by Crippen LogP contribution is -2.41. The van der Waals surface area contributed by atoms with Gasteiger partial charge in [-0.15, -0.1) is 0 Å². The Morgan fingerprint density at radius 2 is 1.69 bits per heavy atom. The van der Waals surface area contributed by atoms with Crippen molar-refractivity contribution in [1.29, 1.82) is 0 Å². The van der Waals surface area contributed by atoms with Gasteiger partial charge >= 0.3 is 0 Å². The van der Waals surface area contributed by atoms with Crippen LogP contribution in [-0.2, 0) is 16.6 Å². The van der Waals surface area contributed by atoms with Gasteiger partial charge in [0.2, 0.25) is 5.96 Å². The maximum absolute atomic E-state index is 14.9. The monoisotopic (exact) mass is 463 g/mol. The summed E-state index contributed by atoms with van der Waals surface area (Å²) in [6.45, 7) is 1.25. The number of sulfonamides is 1. The maximum atomic E-state index is 14.9. The quantitative estimate of drug-likeness (QED) is 0.553. The minimum Gasteiger partial charge on any atom is -0.324 e. The Bertz CT molecular complexity index is 1340. The minimum absolute atomic E-state index is 0.0323. The van der Waals surface area contributed by atoms with E-state index in [1.165, 1.54) is 24.3 Å². The second kappa shape index (κ2) is 8.27. The van der Waals surface area contributed by atoms with Crippen molar-refractivity contribution in [2.75, 3.05) is 5.32 Å². The fraction of sp³-hybridized carbons (Fsp3) is 0.136. The van der Waals surface area contributed by atoms with Gasteiger partial charge in [-0.25, -0.2) is 35.7 Å². The van der Waals surface area contributed by atoms with Gasteiger partial charge in [-0.3, -0.25) is 0 Å². The van der Waals surface area contributed by atoms with E-state index in [-0.39, 0.29) is 39.8 Å². The number of anilines is 1. The Balaban J connectivity index is 1.77. The molecular weight excluding hydrogens is 446 g/mol. The summed E-state index contributed by atoms with van der Waals surface area (Å²) in [5.41, 5.74) is 0.0745. The topological polar surface area (TPSA) is 70.6 Å². The summed E-state index contributed by atoms with van der Waals surface area (Å²) in [5.74, 6) is -3.99. The predicted octanol–water partition coefficient (Wildman–Crippen LogP) is 4.65. The molecule has 0 fully saturated rings. The summed E-state index contributed by atoms with van der Waals surface area (Å²) in [7, 11) is -4.13. The van der Waals surface area contributed by atoms with Gasteiger partial charge in [-0.2, -0.15) is 0 Å². The molecule has 0 aliphatic carbocycles. The van der Waals surface area contributed by atoms with Crippen LogP contribution < -0.4 is 10.0 Å². The van der Waals surface area contributed by atoms with Gasteiger partial charge in [0, 0.05) is 23.1 Å². The molecule has 32 heavy (non-hydrogen) atoms. The summed E-state index contributed by atoms with van der Waals surface area (Å²) in [5, 5.41) is 2.73. The van der Waals surface area contributed by atoms with Crippen molar-refractivity contribution in [1.82, 2.24) is 4.72 Å². The Labute approximate surface area is 181 Å². The normalized spacial score (nSPS) is 16.7. The van der Waals surface area contributed by atoms with Crippen LogP contribution in [-0.4, -0.2) is 14.4 Å². The molecule has 0 radical (unpaired) electrons.